The van der Waals surface area contributed by atoms with Gasteiger partial charge in [0.25, 0.3) is 0 Å². The lowest BCUT2D eigenvalue weighted by atomic mass is 9.75. The number of ether oxygens (including phenoxy) is 1. The molecule has 4 heteroatoms. The number of nitrogens with zero attached hydrogens (tertiary/aromatic N) is 1. The molecule has 0 N–H and O–H groups in total. The number of esters is 1. The zero-order valence-electron chi connectivity index (χ0n) is 17.2. The van der Waals surface area contributed by atoms with Gasteiger partial charge in [0.15, 0.2) is 0 Å². The molecule has 0 radical (unpaired) electrons. The molecule has 3 nitrogen and oxygen atoms in total. The molecular formula is C23H34FNO2. The third-order valence-electron chi connectivity index (χ3n) is 6.65. The predicted molar refractivity (Wildman–Crippen MR) is 106 cm³/mol. The van der Waals surface area contributed by atoms with Crippen molar-refractivity contribution >= 4 is 5.97 Å². The molecular weight excluding hydrogens is 341 g/mol. The fraction of sp³-hybridized carbons (Fsp3) is 0.696. The molecule has 2 aliphatic rings. The molecule has 1 saturated carbocycles. The molecule has 1 aromatic carbocycles. The number of likely N-dealkylation sites (tertiary alicyclic amines) is 1. The van der Waals surface area contributed by atoms with E-state index in [2.05, 4.69) is 32.7 Å². The summed E-state index contributed by atoms with van der Waals surface area (Å²) in [6, 6.07) is 6.64. The summed E-state index contributed by atoms with van der Waals surface area (Å²) in [6.45, 7) is 8.37. The second-order valence-electron chi connectivity index (χ2n) is 9.12. The van der Waals surface area contributed by atoms with Crippen LogP contribution in [0.1, 0.15) is 57.9 Å². The van der Waals surface area contributed by atoms with E-state index in [-0.39, 0.29) is 29.7 Å². The van der Waals surface area contributed by atoms with E-state index in [9.17, 15) is 9.18 Å². The molecule has 1 aliphatic carbocycles. The number of hydrogen-bond acceptors (Lipinski definition) is 3. The van der Waals surface area contributed by atoms with Crippen molar-refractivity contribution in [3.05, 3.63) is 35.6 Å². The zero-order chi connectivity index (χ0) is 19.6. The van der Waals surface area contributed by atoms with E-state index >= 15 is 0 Å². The van der Waals surface area contributed by atoms with Crippen molar-refractivity contribution in [1.82, 2.24) is 4.90 Å². The number of benzene rings is 1. The number of rotatable bonds is 4. The van der Waals surface area contributed by atoms with E-state index in [1.54, 1.807) is 0 Å². The van der Waals surface area contributed by atoms with Crippen LogP contribution >= 0.6 is 0 Å². The topological polar surface area (TPSA) is 29.5 Å². The third kappa shape index (κ3) is 4.90. The summed E-state index contributed by atoms with van der Waals surface area (Å²) in [6.07, 6.45) is 4.27. The van der Waals surface area contributed by atoms with Crippen LogP contribution in [0.25, 0.3) is 0 Å². The van der Waals surface area contributed by atoms with Crippen molar-refractivity contribution in [3.63, 3.8) is 0 Å². The van der Waals surface area contributed by atoms with Gasteiger partial charge in [-0.1, -0.05) is 39.3 Å². The normalized spacial score (nSPS) is 32.4. The third-order valence-corrected chi connectivity index (χ3v) is 6.65. The van der Waals surface area contributed by atoms with Gasteiger partial charge in [0, 0.05) is 6.54 Å². The van der Waals surface area contributed by atoms with Crippen molar-refractivity contribution in [2.45, 2.75) is 58.5 Å². The van der Waals surface area contributed by atoms with Crippen LogP contribution in [0.3, 0.4) is 0 Å². The maximum absolute atomic E-state index is 13.3. The molecule has 1 aromatic rings. The molecule has 0 spiro atoms. The summed E-state index contributed by atoms with van der Waals surface area (Å²) in [5.41, 5.74) is 1.05. The van der Waals surface area contributed by atoms with Crippen molar-refractivity contribution in [2.75, 3.05) is 20.1 Å². The Morgan fingerprint density at radius 2 is 1.89 bits per heavy atom. The Morgan fingerprint density at radius 3 is 2.56 bits per heavy atom. The van der Waals surface area contributed by atoms with Gasteiger partial charge in [-0.3, -0.25) is 4.79 Å². The zero-order valence-corrected chi connectivity index (χ0v) is 17.2. The lowest BCUT2D eigenvalue weighted by Gasteiger charge is -2.40. The van der Waals surface area contributed by atoms with E-state index in [1.165, 1.54) is 18.6 Å². The van der Waals surface area contributed by atoms with E-state index in [1.807, 2.05) is 12.1 Å². The van der Waals surface area contributed by atoms with Gasteiger partial charge in [-0.25, -0.2) is 4.39 Å². The monoisotopic (exact) mass is 375 g/mol. The van der Waals surface area contributed by atoms with E-state index < -0.39 is 0 Å². The SMILES string of the molecule is CC1CC[C@@H](C(C)C)[C@H](OC(=O)[C@H]2CN(C)CC[C@@H]2c2ccc(F)cc2)C1. The highest BCUT2D eigenvalue weighted by molar-refractivity contribution is 5.74. The Labute approximate surface area is 163 Å². The lowest BCUT2D eigenvalue weighted by molar-refractivity contribution is -0.163. The first-order chi connectivity index (χ1) is 12.8. The van der Waals surface area contributed by atoms with Crippen molar-refractivity contribution in [1.29, 1.82) is 0 Å². The molecule has 1 unspecified atom stereocenters. The highest BCUT2D eigenvalue weighted by Crippen LogP contribution is 2.38. The van der Waals surface area contributed by atoms with E-state index in [4.69, 9.17) is 4.74 Å². The minimum absolute atomic E-state index is 0.0300. The molecule has 1 heterocycles. The van der Waals surface area contributed by atoms with Crippen LogP contribution in [0.5, 0.6) is 0 Å². The Morgan fingerprint density at radius 1 is 1.19 bits per heavy atom. The van der Waals surface area contributed by atoms with Crippen LogP contribution in [0.2, 0.25) is 0 Å². The molecule has 150 valence electrons. The van der Waals surface area contributed by atoms with Crippen LogP contribution in [-0.2, 0) is 9.53 Å². The fourth-order valence-corrected chi connectivity index (χ4v) is 4.95. The van der Waals surface area contributed by atoms with Crippen molar-refractivity contribution in [3.8, 4) is 0 Å². The number of piperidine rings is 1. The largest absolute Gasteiger partial charge is 0.462 e. The van der Waals surface area contributed by atoms with Crippen LogP contribution in [0, 0.1) is 29.5 Å². The Balaban J connectivity index is 1.75. The second kappa shape index (κ2) is 8.72. The maximum atomic E-state index is 13.3. The molecule has 1 saturated heterocycles. The number of hydrogen-bond donors (Lipinski definition) is 0. The molecule has 0 amide bonds. The minimum Gasteiger partial charge on any atom is -0.462 e. The molecule has 5 atom stereocenters. The highest BCUT2D eigenvalue weighted by Gasteiger charge is 2.39. The lowest BCUT2D eigenvalue weighted by Crippen LogP contribution is -2.44. The molecule has 1 aliphatic heterocycles. The number of carbonyl (C=O) groups is 1. The van der Waals surface area contributed by atoms with Gasteiger partial charge in [0.2, 0.25) is 0 Å². The van der Waals surface area contributed by atoms with Gasteiger partial charge in [-0.15, -0.1) is 0 Å². The van der Waals surface area contributed by atoms with Gasteiger partial charge < -0.3 is 9.64 Å². The van der Waals surface area contributed by atoms with Gasteiger partial charge in [-0.2, -0.15) is 0 Å². The van der Waals surface area contributed by atoms with Gasteiger partial charge in [-0.05, 0) is 74.2 Å². The standard InChI is InChI=1S/C23H34FNO2/c1-15(2)19-10-5-16(3)13-22(19)27-23(26)21-14-25(4)12-11-20(21)17-6-8-18(24)9-7-17/h6-9,15-16,19-22H,5,10-14H2,1-4H3/t16?,19-,20+,21-,22+/m0/s1. The average Bonchev–Trinajstić information content (AvgIpc) is 2.62. The van der Waals surface area contributed by atoms with Crippen molar-refractivity contribution in [2.24, 2.45) is 23.7 Å². The first-order valence-corrected chi connectivity index (χ1v) is 10.5. The molecule has 0 aromatic heterocycles. The number of carbonyl (C=O) groups excluding carboxylic acids is 1. The van der Waals surface area contributed by atoms with Crippen LogP contribution in [-0.4, -0.2) is 37.1 Å². The average molecular weight is 376 g/mol. The van der Waals surface area contributed by atoms with Gasteiger partial charge in [0.1, 0.15) is 11.9 Å². The first kappa shape index (κ1) is 20.3. The second-order valence-corrected chi connectivity index (χ2v) is 9.12. The van der Waals surface area contributed by atoms with E-state index in [0.717, 1.165) is 31.4 Å². The van der Waals surface area contributed by atoms with Crippen LogP contribution in [0.4, 0.5) is 4.39 Å². The molecule has 0 bridgehead atoms. The van der Waals surface area contributed by atoms with E-state index in [0.29, 0.717) is 24.3 Å². The smallest absolute Gasteiger partial charge is 0.311 e. The molecule has 27 heavy (non-hydrogen) atoms. The van der Waals surface area contributed by atoms with Crippen LogP contribution in [0.15, 0.2) is 24.3 Å². The Hall–Kier alpha value is -1.42. The minimum atomic E-state index is -0.234. The number of halogens is 1. The Bertz CT molecular complexity index is 630. The highest BCUT2D eigenvalue weighted by atomic mass is 19.1. The van der Waals surface area contributed by atoms with Gasteiger partial charge >= 0.3 is 5.97 Å². The summed E-state index contributed by atoms with van der Waals surface area (Å²) in [5.74, 6) is 1.21. The van der Waals surface area contributed by atoms with Gasteiger partial charge in [0.05, 0.1) is 5.92 Å². The quantitative estimate of drug-likeness (QED) is 0.704. The fourth-order valence-electron chi connectivity index (χ4n) is 4.95. The molecule has 2 fully saturated rings. The summed E-state index contributed by atoms with van der Waals surface area (Å²) in [4.78, 5) is 15.4. The summed E-state index contributed by atoms with van der Waals surface area (Å²) in [5, 5.41) is 0. The maximum Gasteiger partial charge on any atom is 0.311 e. The summed E-state index contributed by atoms with van der Waals surface area (Å²) >= 11 is 0. The summed E-state index contributed by atoms with van der Waals surface area (Å²) in [7, 11) is 2.06. The predicted octanol–water partition coefficient (Wildman–Crippen LogP) is 4.87. The first-order valence-electron chi connectivity index (χ1n) is 10.5. The van der Waals surface area contributed by atoms with Crippen LogP contribution < -0.4 is 0 Å². The van der Waals surface area contributed by atoms with Crippen molar-refractivity contribution < 1.29 is 13.9 Å². The summed E-state index contributed by atoms with van der Waals surface area (Å²) < 4.78 is 19.5. The molecule has 3 rings (SSSR count). The Kier molecular flexibility index (Phi) is 6.56.